The molecule has 1 aliphatic rings. The van der Waals surface area contributed by atoms with Gasteiger partial charge in [0.05, 0.1) is 5.69 Å². The lowest BCUT2D eigenvalue weighted by atomic mass is 9.91. The molecular formula is C19H22FN3O2. The summed E-state index contributed by atoms with van der Waals surface area (Å²) in [6.45, 7) is 1.65. The number of carbonyl (C=O) groups is 1. The molecule has 1 aromatic heterocycles. The molecule has 0 unspecified atom stereocenters. The van der Waals surface area contributed by atoms with E-state index in [0.717, 1.165) is 17.7 Å². The fourth-order valence-electron chi connectivity index (χ4n) is 3.09. The van der Waals surface area contributed by atoms with Crippen molar-refractivity contribution in [1.82, 2.24) is 15.2 Å². The Labute approximate surface area is 146 Å². The van der Waals surface area contributed by atoms with Crippen molar-refractivity contribution in [2.75, 3.05) is 13.1 Å². The molecule has 1 fully saturated rings. The molecule has 0 bridgehead atoms. The average Bonchev–Trinajstić information content (AvgIpc) is 2.62. The molecule has 1 aromatic carbocycles. The van der Waals surface area contributed by atoms with Gasteiger partial charge in [0.1, 0.15) is 5.82 Å². The number of halogens is 1. The Morgan fingerprint density at radius 1 is 1.24 bits per heavy atom. The van der Waals surface area contributed by atoms with E-state index in [1.807, 2.05) is 18.2 Å². The molecule has 1 amide bonds. The summed E-state index contributed by atoms with van der Waals surface area (Å²) in [6, 6.07) is 11.7. The number of rotatable bonds is 6. The first kappa shape index (κ1) is 17.5. The molecule has 1 saturated heterocycles. The molecule has 132 valence electrons. The summed E-state index contributed by atoms with van der Waals surface area (Å²) < 4.78 is 13.0. The predicted octanol–water partition coefficient (Wildman–Crippen LogP) is 1.86. The largest absolute Gasteiger partial charge is 0.379 e. The van der Waals surface area contributed by atoms with E-state index in [-0.39, 0.29) is 18.3 Å². The highest BCUT2D eigenvalue weighted by Gasteiger charge is 2.41. The number of nitrogens with zero attached hydrogens (tertiary/aromatic N) is 2. The number of pyridine rings is 1. The van der Waals surface area contributed by atoms with Crippen molar-refractivity contribution in [3.05, 3.63) is 65.7 Å². The fraction of sp³-hybridized carbons (Fsp3) is 0.368. The summed E-state index contributed by atoms with van der Waals surface area (Å²) in [5.74, 6) is -0.583. The topological polar surface area (TPSA) is 65.5 Å². The molecule has 2 N–H and O–H groups in total. The van der Waals surface area contributed by atoms with Gasteiger partial charge < -0.3 is 15.3 Å². The first-order valence-electron chi connectivity index (χ1n) is 8.44. The Hall–Kier alpha value is -2.31. The number of likely N-dealkylation sites (tertiary alicyclic amines) is 1. The normalized spacial score (nSPS) is 20.7. The average molecular weight is 343 g/mol. The van der Waals surface area contributed by atoms with Gasteiger partial charge in [-0.1, -0.05) is 18.2 Å². The molecule has 0 spiro atoms. The number of carbonyl (C=O) groups excluding carboxylic acids is 1. The number of hydrogen-bond donors (Lipinski definition) is 2. The van der Waals surface area contributed by atoms with Crippen LogP contribution in [-0.2, 0) is 17.9 Å². The second-order valence-electron chi connectivity index (χ2n) is 6.41. The van der Waals surface area contributed by atoms with Crippen molar-refractivity contribution in [3.63, 3.8) is 0 Å². The van der Waals surface area contributed by atoms with E-state index in [2.05, 4.69) is 10.3 Å². The zero-order chi connectivity index (χ0) is 17.7. The lowest BCUT2D eigenvalue weighted by Crippen LogP contribution is -2.57. The molecular weight excluding hydrogens is 321 g/mol. The highest BCUT2D eigenvalue weighted by molar-refractivity contribution is 5.86. The van der Waals surface area contributed by atoms with Crippen LogP contribution >= 0.6 is 0 Å². The van der Waals surface area contributed by atoms with Crippen LogP contribution in [0.2, 0.25) is 0 Å². The summed E-state index contributed by atoms with van der Waals surface area (Å²) in [5.41, 5.74) is 0.297. The van der Waals surface area contributed by atoms with Crippen molar-refractivity contribution in [2.45, 2.75) is 31.5 Å². The summed E-state index contributed by atoms with van der Waals surface area (Å²) in [4.78, 5) is 18.6. The van der Waals surface area contributed by atoms with Crippen molar-refractivity contribution in [3.8, 4) is 0 Å². The second-order valence-corrected chi connectivity index (χ2v) is 6.41. The Kier molecular flexibility index (Phi) is 5.40. The number of piperidine rings is 1. The Balaban J connectivity index is 1.59. The molecule has 3 rings (SSSR count). The maximum absolute atomic E-state index is 13.0. The highest BCUT2D eigenvalue weighted by Crippen LogP contribution is 2.24. The van der Waals surface area contributed by atoms with E-state index in [9.17, 15) is 14.3 Å². The molecule has 25 heavy (non-hydrogen) atoms. The zero-order valence-electron chi connectivity index (χ0n) is 14.0. The monoisotopic (exact) mass is 343 g/mol. The number of aromatic nitrogens is 1. The Morgan fingerprint density at radius 3 is 2.76 bits per heavy atom. The number of benzene rings is 1. The van der Waals surface area contributed by atoms with Gasteiger partial charge in [-0.05, 0) is 42.7 Å². The standard InChI is InChI=1S/C19H22FN3O2/c20-16-7-5-15(6-8-16)13-23-11-3-9-19(25,18(23)24)14-21-12-17-4-1-2-10-22-17/h1-2,4-8,10,21,25H,3,9,11-14H2/t19-/m0/s1. The minimum absolute atomic E-state index is 0.183. The van der Waals surface area contributed by atoms with Crippen LogP contribution in [0.1, 0.15) is 24.1 Å². The summed E-state index contributed by atoms with van der Waals surface area (Å²) >= 11 is 0. The molecule has 5 nitrogen and oxygen atoms in total. The Morgan fingerprint density at radius 2 is 2.04 bits per heavy atom. The molecule has 1 aliphatic heterocycles. The van der Waals surface area contributed by atoms with Crippen molar-refractivity contribution >= 4 is 5.91 Å². The van der Waals surface area contributed by atoms with E-state index >= 15 is 0 Å². The summed E-state index contributed by atoms with van der Waals surface area (Å²) in [5, 5.41) is 13.9. The van der Waals surface area contributed by atoms with Crippen LogP contribution in [0.15, 0.2) is 48.7 Å². The molecule has 0 aliphatic carbocycles. The van der Waals surface area contributed by atoms with Gasteiger partial charge in [-0.25, -0.2) is 4.39 Å². The van der Waals surface area contributed by atoms with E-state index in [4.69, 9.17) is 0 Å². The first-order chi connectivity index (χ1) is 12.1. The van der Waals surface area contributed by atoms with E-state index < -0.39 is 5.60 Å². The molecule has 2 aromatic rings. The number of hydrogen-bond acceptors (Lipinski definition) is 4. The third kappa shape index (κ3) is 4.41. The Bertz CT molecular complexity index is 708. The zero-order valence-corrected chi connectivity index (χ0v) is 14.0. The predicted molar refractivity (Wildman–Crippen MR) is 91.9 cm³/mol. The summed E-state index contributed by atoms with van der Waals surface area (Å²) in [6.07, 6.45) is 2.87. The lowest BCUT2D eigenvalue weighted by Gasteiger charge is -2.38. The van der Waals surface area contributed by atoms with Crippen LogP contribution in [-0.4, -0.2) is 39.6 Å². The van der Waals surface area contributed by atoms with Crippen LogP contribution < -0.4 is 5.32 Å². The van der Waals surface area contributed by atoms with Crippen LogP contribution in [0.25, 0.3) is 0 Å². The van der Waals surface area contributed by atoms with Crippen LogP contribution in [0.4, 0.5) is 4.39 Å². The number of aliphatic hydroxyl groups is 1. The second kappa shape index (κ2) is 7.72. The molecule has 1 atom stereocenters. The first-order valence-corrected chi connectivity index (χ1v) is 8.44. The van der Waals surface area contributed by atoms with Gasteiger partial charge in [0.15, 0.2) is 5.60 Å². The van der Waals surface area contributed by atoms with E-state index in [1.165, 1.54) is 12.1 Å². The van der Waals surface area contributed by atoms with E-state index in [1.54, 1.807) is 23.2 Å². The minimum atomic E-state index is -1.41. The van der Waals surface area contributed by atoms with Crippen LogP contribution in [0.3, 0.4) is 0 Å². The number of amides is 1. The van der Waals surface area contributed by atoms with Gasteiger partial charge in [0, 0.05) is 32.4 Å². The number of nitrogens with one attached hydrogen (secondary N) is 1. The van der Waals surface area contributed by atoms with Crippen molar-refractivity contribution in [1.29, 1.82) is 0 Å². The minimum Gasteiger partial charge on any atom is -0.379 e. The van der Waals surface area contributed by atoms with Crippen molar-refractivity contribution < 1.29 is 14.3 Å². The maximum atomic E-state index is 13.0. The lowest BCUT2D eigenvalue weighted by molar-refractivity contribution is -0.157. The maximum Gasteiger partial charge on any atom is 0.256 e. The smallest absolute Gasteiger partial charge is 0.256 e. The van der Waals surface area contributed by atoms with Gasteiger partial charge in [0.25, 0.3) is 5.91 Å². The van der Waals surface area contributed by atoms with Gasteiger partial charge in [-0.3, -0.25) is 9.78 Å². The fourth-order valence-corrected chi connectivity index (χ4v) is 3.09. The van der Waals surface area contributed by atoms with E-state index in [0.29, 0.717) is 26.1 Å². The van der Waals surface area contributed by atoms with Gasteiger partial charge in [-0.2, -0.15) is 0 Å². The van der Waals surface area contributed by atoms with Gasteiger partial charge in [0.2, 0.25) is 0 Å². The molecule has 0 radical (unpaired) electrons. The SMILES string of the molecule is O=C1N(Cc2ccc(F)cc2)CCC[C@]1(O)CNCc1ccccn1. The third-order valence-corrected chi connectivity index (χ3v) is 4.44. The van der Waals surface area contributed by atoms with Crippen LogP contribution in [0.5, 0.6) is 0 Å². The molecule has 0 saturated carbocycles. The summed E-state index contributed by atoms with van der Waals surface area (Å²) in [7, 11) is 0. The highest BCUT2D eigenvalue weighted by atomic mass is 19.1. The molecule has 6 heteroatoms. The third-order valence-electron chi connectivity index (χ3n) is 4.44. The van der Waals surface area contributed by atoms with Gasteiger partial charge in [-0.15, -0.1) is 0 Å². The van der Waals surface area contributed by atoms with Crippen molar-refractivity contribution in [2.24, 2.45) is 0 Å². The van der Waals surface area contributed by atoms with Gasteiger partial charge >= 0.3 is 0 Å². The molecule has 2 heterocycles. The van der Waals surface area contributed by atoms with Crippen LogP contribution in [0, 0.1) is 5.82 Å². The quantitative estimate of drug-likeness (QED) is 0.840.